The number of alkyl halides is 3. The third-order valence-electron chi connectivity index (χ3n) is 2.05. The molecular formula is C10H9F3N2O3. The average Bonchev–Trinajstić information content (AvgIpc) is 2.27. The Kier molecular flexibility index (Phi) is 3.89. The van der Waals surface area contributed by atoms with Crippen molar-refractivity contribution < 1.29 is 22.8 Å². The number of nitrogens with zero attached hydrogens (tertiary/aromatic N) is 1. The number of ether oxygens (including phenoxy) is 1. The summed E-state index contributed by atoms with van der Waals surface area (Å²) < 4.78 is 42.6. The molecule has 0 fully saturated rings. The Morgan fingerprint density at radius 1 is 1.50 bits per heavy atom. The predicted molar refractivity (Wildman–Crippen MR) is 56.6 cm³/mol. The number of non-ortho nitro benzene ring substituents is 1. The third kappa shape index (κ3) is 2.96. The maximum atomic E-state index is 12.7. The second-order valence-corrected chi connectivity index (χ2v) is 3.25. The van der Waals surface area contributed by atoms with Crippen LogP contribution in [0.1, 0.15) is 18.1 Å². The fourth-order valence-electron chi connectivity index (χ4n) is 1.30. The van der Waals surface area contributed by atoms with E-state index < -0.39 is 33.8 Å². The first kappa shape index (κ1) is 13.9. The molecule has 0 aliphatic rings. The van der Waals surface area contributed by atoms with Crippen LogP contribution in [0.15, 0.2) is 18.2 Å². The van der Waals surface area contributed by atoms with Crippen LogP contribution in [0.2, 0.25) is 0 Å². The molecule has 8 heteroatoms. The van der Waals surface area contributed by atoms with E-state index in [1.54, 1.807) is 0 Å². The van der Waals surface area contributed by atoms with E-state index in [9.17, 15) is 23.3 Å². The fourth-order valence-corrected chi connectivity index (χ4v) is 1.30. The highest BCUT2D eigenvalue weighted by atomic mass is 19.4. The normalized spacial score (nSPS) is 11.1. The van der Waals surface area contributed by atoms with Crippen molar-refractivity contribution in [1.82, 2.24) is 0 Å². The average molecular weight is 262 g/mol. The van der Waals surface area contributed by atoms with Crippen LogP contribution < -0.4 is 0 Å². The number of halogens is 3. The van der Waals surface area contributed by atoms with Crippen molar-refractivity contribution in [3.63, 3.8) is 0 Å². The number of nitro benzene ring substituents is 1. The Hall–Kier alpha value is -2.12. The Bertz CT molecular complexity index is 486. The van der Waals surface area contributed by atoms with Crippen molar-refractivity contribution in [1.29, 1.82) is 5.41 Å². The van der Waals surface area contributed by atoms with E-state index in [2.05, 4.69) is 4.74 Å². The summed E-state index contributed by atoms with van der Waals surface area (Å²) >= 11 is 0. The highest BCUT2D eigenvalue weighted by molar-refractivity contribution is 5.94. The van der Waals surface area contributed by atoms with E-state index in [0.29, 0.717) is 12.1 Å². The van der Waals surface area contributed by atoms with Gasteiger partial charge in [0, 0.05) is 12.1 Å². The predicted octanol–water partition coefficient (Wildman–Crippen LogP) is 2.98. The summed E-state index contributed by atoms with van der Waals surface area (Å²) in [6, 6.07) is 1.99. The second kappa shape index (κ2) is 5.03. The molecule has 0 bridgehead atoms. The van der Waals surface area contributed by atoms with Crippen LogP contribution in [0.25, 0.3) is 0 Å². The van der Waals surface area contributed by atoms with Gasteiger partial charge in [0.25, 0.3) is 5.69 Å². The van der Waals surface area contributed by atoms with Crippen molar-refractivity contribution in [3.05, 3.63) is 39.4 Å². The van der Waals surface area contributed by atoms with Gasteiger partial charge in [0.15, 0.2) is 0 Å². The molecule has 1 aromatic rings. The summed E-state index contributed by atoms with van der Waals surface area (Å²) in [6.07, 6.45) is -4.70. The molecule has 18 heavy (non-hydrogen) atoms. The van der Waals surface area contributed by atoms with E-state index in [1.807, 2.05) is 0 Å². The number of hydrogen-bond donors (Lipinski definition) is 1. The molecule has 0 spiro atoms. The lowest BCUT2D eigenvalue weighted by Crippen LogP contribution is -2.15. The largest absolute Gasteiger partial charge is 0.478 e. The molecule has 0 saturated heterocycles. The number of benzene rings is 1. The lowest BCUT2D eigenvalue weighted by molar-refractivity contribution is -0.384. The van der Waals surface area contributed by atoms with E-state index in [1.165, 1.54) is 6.92 Å². The van der Waals surface area contributed by atoms with Gasteiger partial charge < -0.3 is 4.74 Å². The zero-order valence-electron chi connectivity index (χ0n) is 9.25. The highest BCUT2D eigenvalue weighted by Crippen LogP contribution is 2.34. The van der Waals surface area contributed by atoms with Gasteiger partial charge >= 0.3 is 6.18 Å². The molecular weight excluding hydrogens is 253 g/mol. The summed E-state index contributed by atoms with van der Waals surface area (Å²) in [7, 11) is 0. The number of nitrogens with one attached hydrogen (secondary N) is 1. The molecule has 0 radical (unpaired) electrons. The maximum absolute atomic E-state index is 12.7. The first-order valence-corrected chi connectivity index (χ1v) is 4.84. The van der Waals surface area contributed by atoms with E-state index in [4.69, 9.17) is 5.41 Å². The van der Waals surface area contributed by atoms with Crippen LogP contribution >= 0.6 is 0 Å². The van der Waals surface area contributed by atoms with Gasteiger partial charge in [-0.25, -0.2) is 0 Å². The van der Waals surface area contributed by atoms with Crippen molar-refractivity contribution in [2.24, 2.45) is 0 Å². The fraction of sp³-hybridized carbons (Fsp3) is 0.300. The van der Waals surface area contributed by atoms with Crippen LogP contribution in [0.3, 0.4) is 0 Å². The minimum absolute atomic E-state index is 0.00117. The van der Waals surface area contributed by atoms with Gasteiger partial charge in [-0.1, -0.05) is 0 Å². The molecule has 1 aromatic carbocycles. The van der Waals surface area contributed by atoms with E-state index >= 15 is 0 Å². The van der Waals surface area contributed by atoms with E-state index in [-0.39, 0.29) is 6.61 Å². The molecule has 0 saturated carbocycles. The quantitative estimate of drug-likeness (QED) is 0.393. The van der Waals surface area contributed by atoms with Crippen LogP contribution in [-0.4, -0.2) is 17.4 Å². The molecule has 0 unspecified atom stereocenters. The van der Waals surface area contributed by atoms with Gasteiger partial charge in [0.05, 0.1) is 22.7 Å². The molecule has 0 aliphatic carbocycles. The van der Waals surface area contributed by atoms with Gasteiger partial charge in [-0.2, -0.15) is 13.2 Å². The Balaban J connectivity index is 3.36. The Morgan fingerprint density at radius 3 is 2.56 bits per heavy atom. The molecule has 0 aliphatic heterocycles. The van der Waals surface area contributed by atoms with Gasteiger partial charge in [-0.05, 0) is 13.0 Å². The SMILES string of the molecule is CCOC(=N)c1cc([N+](=O)[O-])ccc1C(F)(F)F. The van der Waals surface area contributed by atoms with E-state index in [0.717, 1.165) is 6.07 Å². The summed E-state index contributed by atoms with van der Waals surface area (Å²) in [4.78, 5) is 9.68. The zero-order chi connectivity index (χ0) is 13.9. The summed E-state index contributed by atoms with van der Waals surface area (Å²) in [5.41, 5.74) is -2.30. The molecule has 1 N–H and O–H groups in total. The lowest BCUT2D eigenvalue weighted by Gasteiger charge is -2.13. The van der Waals surface area contributed by atoms with Crippen LogP contribution in [-0.2, 0) is 10.9 Å². The van der Waals surface area contributed by atoms with Crippen LogP contribution in [0.5, 0.6) is 0 Å². The number of rotatable bonds is 3. The lowest BCUT2D eigenvalue weighted by atomic mass is 10.1. The molecule has 98 valence electrons. The third-order valence-corrected chi connectivity index (χ3v) is 2.05. The van der Waals surface area contributed by atoms with Crippen LogP contribution in [0.4, 0.5) is 18.9 Å². The molecule has 0 heterocycles. The Labute approximate surface area is 99.8 Å². The second-order valence-electron chi connectivity index (χ2n) is 3.25. The number of hydrogen-bond acceptors (Lipinski definition) is 4. The first-order chi connectivity index (χ1) is 8.27. The van der Waals surface area contributed by atoms with Gasteiger partial charge in [0.2, 0.25) is 5.90 Å². The topological polar surface area (TPSA) is 76.2 Å². The minimum atomic E-state index is -4.70. The van der Waals surface area contributed by atoms with Crippen molar-refractivity contribution in [2.45, 2.75) is 13.1 Å². The van der Waals surface area contributed by atoms with Gasteiger partial charge in [-0.3, -0.25) is 15.5 Å². The van der Waals surface area contributed by atoms with Crippen molar-refractivity contribution >= 4 is 11.6 Å². The van der Waals surface area contributed by atoms with Gasteiger partial charge in [0.1, 0.15) is 0 Å². The molecule has 1 rings (SSSR count). The summed E-state index contributed by atoms with van der Waals surface area (Å²) in [5, 5.41) is 17.9. The number of nitro groups is 1. The summed E-state index contributed by atoms with van der Waals surface area (Å²) in [6.45, 7) is 1.50. The molecule has 5 nitrogen and oxygen atoms in total. The Morgan fingerprint density at radius 2 is 2.11 bits per heavy atom. The highest BCUT2D eigenvalue weighted by Gasteiger charge is 2.35. The van der Waals surface area contributed by atoms with Crippen LogP contribution in [0, 0.1) is 15.5 Å². The smallest absolute Gasteiger partial charge is 0.417 e. The van der Waals surface area contributed by atoms with Gasteiger partial charge in [-0.15, -0.1) is 0 Å². The van der Waals surface area contributed by atoms with Crippen molar-refractivity contribution in [3.8, 4) is 0 Å². The van der Waals surface area contributed by atoms with Crippen molar-refractivity contribution in [2.75, 3.05) is 6.61 Å². The molecule has 0 atom stereocenters. The monoisotopic (exact) mass is 262 g/mol. The standard InChI is InChI=1S/C10H9F3N2O3/c1-2-18-9(14)7-5-6(15(16)17)3-4-8(7)10(11,12)13/h3-5,14H,2H2,1H3. The first-order valence-electron chi connectivity index (χ1n) is 4.84. The minimum Gasteiger partial charge on any atom is -0.478 e. The maximum Gasteiger partial charge on any atom is 0.417 e. The zero-order valence-corrected chi connectivity index (χ0v) is 9.25. The molecule has 0 amide bonds. The molecule has 0 aromatic heterocycles. The summed E-state index contributed by atoms with van der Waals surface area (Å²) in [5.74, 6) is -0.742.